The fraction of sp³-hybridized carbons (Fsp3) is 0.333. The number of benzene rings is 1. The molecule has 0 spiro atoms. The Balaban J connectivity index is 2.48. The third-order valence-corrected chi connectivity index (χ3v) is 2.49. The Labute approximate surface area is 109 Å². The van der Waals surface area contributed by atoms with E-state index in [2.05, 4.69) is 26.8 Å². The standard InChI is InChI=1S/C12H15BrN2O2/c1-8(2)6-11(16)14-15-12(17)9-4-3-5-10(13)7-9/h3-5,7-8H,6H2,1-2H3,(H,14,16)(H,15,17). The van der Waals surface area contributed by atoms with Crippen molar-refractivity contribution in [3.8, 4) is 0 Å². The maximum Gasteiger partial charge on any atom is 0.269 e. The molecule has 4 nitrogen and oxygen atoms in total. The summed E-state index contributed by atoms with van der Waals surface area (Å²) in [5.41, 5.74) is 5.24. The Kier molecular flexibility index (Phi) is 5.15. The van der Waals surface area contributed by atoms with E-state index in [1.165, 1.54) is 0 Å². The largest absolute Gasteiger partial charge is 0.273 e. The maximum atomic E-state index is 11.6. The lowest BCUT2D eigenvalue weighted by molar-refractivity contribution is -0.122. The van der Waals surface area contributed by atoms with Gasteiger partial charge in [0.05, 0.1) is 0 Å². The second kappa shape index (κ2) is 6.39. The maximum absolute atomic E-state index is 11.6. The van der Waals surface area contributed by atoms with Gasteiger partial charge in [-0.2, -0.15) is 0 Å². The van der Waals surface area contributed by atoms with Crippen molar-refractivity contribution in [2.24, 2.45) is 5.92 Å². The third kappa shape index (κ3) is 4.99. The van der Waals surface area contributed by atoms with Crippen LogP contribution in [0.2, 0.25) is 0 Å². The first-order chi connectivity index (χ1) is 7.99. The number of hydrogen-bond donors (Lipinski definition) is 2. The predicted octanol–water partition coefficient (Wildman–Crippen LogP) is 2.26. The van der Waals surface area contributed by atoms with Gasteiger partial charge in [-0.25, -0.2) is 0 Å². The van der Waals surface area contributed by atoms with Crippen molar-refractivity contribution in [1.29, 1.82) is 0 Å². The first kappa shape index (κ1) is 13.7. The molecular formula is C12H15BrN2O2. The topological polar surface area (TPSA) is 58.2 Å². The minimum Gasteiger partial charge on any atom is -0.273 e. The number of amides is 2. The van der Waals surface area contributed by atoms with Crippen molar-refractivity contribution in [2.45, 2.75) is 20.3 Å². The predicted molar refractivity (Wildman–Crippen MR) is 69.2 cm³/mol. The number of hydrogen-bond acceptors (Lipinski definition) is 2. The van der Waals surface area contributed by atoms with Gasteiger partial charge < -0.3 is 0 Å². The molecule has 1 rings (SSSR count). The minimum absolute atomic E-state index is 0.191. The second-order valence-corrected chi connectivity index (χ2v) is 5.03. The van der Waals surface area contributed by atoms with Crippen LogP contribution >= 0.6 is 15.9 Å². The molecule has 5 heteroatoms. The van der Waals surface area contributed by atoms with Crippen molar-refractivity contribution >= 4 is 27.7 Å². The molecule has 0 radical (unpaired) electrons. The van der Waals surface area contributed by atoms with E-state index in [0.717, 1.165) is 4.47 Å². The number of nitrogens with one attached hydrogen (secondary N) is 2. The molecule has 1 aromatic carbocycles. The molecule has 17 heavy (non-hydrogen) atoms. The summed E-state index contributed by atoms with van der Waals surface area (Å²) in [5, 5.41) is 0. The molecule has 2 N–H and O–H groups in total. The zero-order valence-corrected chi connectivity index (χ0v) is 11.4. The zero-order chi connectivity index (χ0) is 12.8. The Bertz CT molecular complexity index is 419. The molecular weight excluding hydrogens is 284 g/mol. The van der Waals surface area contributed by atoms with Gasteiger partial charge in [-0.15, -0.1) is 0 Å². The summed E-state index contributed by atoms with van der Waals surface area (Å²) in [6.07, 6.45) is 0.388. The van der Waals surface area contributed by atoms with Crippen LogP contribution in [-0.4, -0.2) is 11.8 Å². The van der Waals surface area contributed by atoms with Gasteiger partial charge in [0.2, 0.25) is 5.91 Å². The molecule has 92 valence electrons. The molecule has 0 aromatic heterocycles. The van der Waals surface area contributed by atoms with Crippen LogP contribution in [0.3, 0.4) is 0 Å². The van der Waals surface area contributed by atoms with Crippen molar-refractivity contribution < 1.29 is 9.59 Å². The van der Waals surface area contributed by atoms with Crippen molar-refractivity contribution in [2.75, 3.05) is 0 Å². The quantitative estimate of drug-likeness (QED) is 0.841. The minimum atomic E-state index is -0.330. The molecule has 0 bridgehead atoms. The lowest BCUT2D eigenvalue weighted by Gasteiger charge is -2.08. The van der Waals surface area contributed by atoms with Crippen molar-refractivity contribution in [3.63, 3.8) is 0 Å². The van der Waals surface area contributed by atoms with E-state index >= 15 is 0 Å². The Morgan fingerprint density at radius 3 is 2.59 bits per heavy atom. The molecule has 0 heterocycles. The summed E-state index contributed by atoms with van der Waals surface area (Å²) < 4.78 is 0.818. The zero-order valence-electron chi connectivity index (χ0n) is 9.79. The van der Waals surface area contributed by atoms with Gasteiger partial charge in [0.15, 0.2) is 0 Å². The highest BCUT2D eigenvalue weighted by Gasteiger charge is 2.08. The Morgan fingerprint density at radius 2 is 2.00 bits per heavy atom. The monoisotopic (exact) mass is 298 g/mol. The molecule has 0 unspecified atom stereocenters. The van der Waals surface area contributed by atoms with E-state index in [1.54, 1.807) is 18.2 Å². The lowest BCUT2D eigenvalue weighted by atomic mass is 10.1. The first-order valence-corrected chi connectivity index (χ1v) is 6.13. The van der Waals surface area contributed by atoms with E-state index in [1.807, 2.05) is 19.9 Å². The Morgan fingerprint density at radius 1 is 1.29 bits per heavy atom. The van der Waals surface area contributed by atoms with Gasteiger partial charge in [-0.1, -0.05) is 35.8 Å². The molecule has 0 atom stereocenters. The Hall–Kier alpha value is -1.36. The van der Waals surface area contributed by atoms with Gasteiger partial charge in [-0.05, 0) is 24.1 Å². The van der Waals surface area contributed by atoms with Crippen LogP contribution in [0.25, 0.3) is 0 Å². The highest BCUT2D eigenvalue weighted by molar-refractivity contribution is 9.10. The summed E-state index contributed by atoms with van der Waals surface area (Å²) in [4.78, 5) is 23.0. The smallest absolute Gasteiger partial charge is 0.269 e. The average molecular weight is 299 g/mol. The molecule has 1 aromatic rings. The van der Waals surface area contributed by atoms with Gasteiger partial charge in [0.25, 0.3) is 5.91 Å². The van der Waals surface area contributed by atoms with Crippen LogP contribution in [0.15, 0.2) is 28.7 Å². The summed E-state index contributed by atoms with van der Waals surface area (Å²) in [6, 6.07) is 6.95. The number of halogens is 1. The molecule has 0 fully saturated rings. The molecule has 0 saturated heterocycles. The summed E-state index contributed by atoms with van der Waals surface area (Å²) >= 11 is 3.28. The molecule has 0 aliphatic carbocycles. The van der Waals surface area contributed by atoms with Crippen LogP contribution in [0.4, 0.5) is 0 Å². The van der Waals surface area contributed by atoms with Crippen LogP contribution < -0.4 is 10.9 Å². The third-order valence-electron chi connectivity index (χ3n) is 2.00. The van der Waals surface area contributed by atoms with Crippen molar-refractivity contribution in [1.82, 2.24) is 10.9 Å². The van der Waals surface area contributed by atoms with Crippen LogP contribution in [0, 0.1) is 5.92 Å². The lowest BCUT2D eigenvalue weighted by Crippen LogP contribution is -2.41. The van der Waals surface area contributed by atoms with Gasteiger partial charge in [-0.3, -0.25) is 20.4 Å². The average Bonchev–Trinajstić information content (AvgIpc) is 2.25. The van der Waals surface area contributed by atoms with E-state index in [4.69, 9.17) is 0 Å². The molecule has 0 aliphatic rings. The highest BCUT2D eigenvalue weighted by atomic mass is 79.9. The van der Waals surface area contributed by atoms with Crippen LogP contribution in [-0.2, 0) is 4.79 Å². The summed E-state index contributed by atoms with van der Waals surface area (Å²) in [6.45, 7) is 3.88. The number of carbonyl (C=O) groups is 2. The SMILES string of the molecule is CC(C)CC(=O)NNC(=O)c1cccc(Br)c1. The fourth-order valence-corrected chi connectivity index (χ4v) is 1.65. The van der Waals surface area contributed by atoms with Crippen LogP contribution in [0.5, 0.6) is 0 Å². The van der Waals surface area contributed by atoms with Gasteiger partial charge in [0, 0.05) is 16.5 Å². The van der Waals surface area contributed by atoms with Crippen LogP contribution in [0.1, 0.15) is 30.6 Å². The number of carbonyl (C=O) groups excluding carboxylic acids is 2. The fourth-order valence-electron chi connectivity index (χ4n) is 1.25. The molecule has 2 amide bonds. The van der Waals surface area contributed by atoms with E-state index < -0.39 is 0 Å². The van der Waals surface area contributed by atoms with E-state index in [0.29, 0.717) is 12.0 Å². The summed E-state index contributed by atoms with van der Waals surface area (Å²) in [5.74, 6) is -0.260. The summed E-state index contributed by atoms with van der Waals surface area (Å²) in [7, 11) is 0. The molecule has 0 aliphatic heterocycles. The highest BCUT2D eigenvalue weighted by Crippen LogP contribution is 2.11. The van der Waals surface area contributed by atoms with E-state index in [9.17, 15) is 9.59 Å². The second-order valence-electron chi connectivity index (χ2n) is 4.11. The van der Waals surface area contributed by atoms with Gasteiger partial charge in [0.1, 0.15) is 0 Å². The first-order valence-electron chi connectivity index (χ1n) is 5.34. The molecule has 0 saturated carbocycles. The normalized spacial score (nSPS) is 10.1. The van der Waals surface area contributed by atoms with Gasteiger partial charge >= 0.3 is 0 Å². The number of rotatable bonds is 3. The van der Waals surface area contributed by atoms with E-state index in [-0.39, 0.29) is 17.7 Å². The van der Waals surface area contributed by atoms with Crippen molar-refractivity contribution in [3.05, 3.63) is 34.3 Å². The number of hydrazine groups is 1.